The van der Waals surface area contributed by atoms with Crippen molar-refractivity contribution in [2.75, 3.05) is 6.54 Å². The summed E-state index contributed by atoms with van der Waals surface area (Å²) < 4.78 is 41.7. The molecule has 4 rings (SSSR count). The Morgan fingerprint density at radius 3 is 2.54 bits per heavy atom. The van der Waals surface area contributed by atoms with Crippen LogP contribution in [0.15, 0.2) is 60.7 Å². The first kappa shape index (κ1) is 18.7. The molecule has 2 aromatic carbocycles. The van der Waals surface area contributed by atoms with Gasteiger partial charge in [0.25, 0.3) is 0 Å². The SMILES string of the molecule is O=C(/C=C(\c1ccccc1)C(F)(F)F)N1CCCC1c1nc2ccccc2s1. The topological polar surface area (TPSA) is 33.2 Å². The minimum atomic E-state index is -4.61. The number of amides is 1. The molecule has 1 aliphatic heterocycles. The molecule has 0 spiro atoms. The lowest BCUT2D eigenvalue weighted by atomic mass is 10.0. The molecule has 144 valence electrons. The van der Waals surface area contributed by atoms with Crippen molar-refractivity contribution >= 4 is 33.0 Å². The maximum Gasteiger partial charge on any atom is 0.417 e. The summed E-state index contributed by atoms with van der Waals surface area (Å²) in [5, 5.41) is 0.772. The largest absolute Gasteiger partial charge is 0.417 e. The van der Waals surface area contributed by atoms with Gasteiger partial charge in [-0.3, -0.25) is 4.79 Å². The number of rotatable bonds is 3. The Bertz CT molecular complexity index is 994. The molecule has 1 aliphatic rings. The first-order valence-corrected chi connectivity index (χ1v) is 9.75. The van der Waals surface area contributed by atoms with Gasteiger partial charge in [-0.25, -0.2) is 4.98 Å². The molecule has 1 unspecified atom stereocenters. The standard InChI is InChI=1S/C21H17F3N2OS/c22-21(23,24)15(14-7-2-1-3-8-14)13-19(27)26-12-6-10-17(26)20-25-16-9-4-5-11-18(16)28-20/h1-5,7-9,11,13,17H,6,10,12H2/b15-13+. The summed E-state index contributed by atoms with van der Waals surface area (Å²) >= 11 is 1.49. The van der Waals surface area contributed by atoms with Gasteiger partial charge >= 0.3 is 6.18 Å². The zero-order valence-electron chi connectivity index (χ0n) is 14.8. The lowest BCUT2D eigenvalue weighted by Crippen LogP contribution is -2.30. The van der Waals surface area contributed by atoms with E-state index in [9.17, 15) is 18.0 Å². The minimum absolute atomic E-state index is 0.0147. The molecule has 0 bridgehead atoms. The lowest BCUT2D eigenvalue weighted by molar-refractivity contribution is -0.127. The molecule has 1 aromatic heterocycles. The van der Waals surface area contributed by atoms with Crippen molar-refractivity contribution in [1.29, 1.82) is 0 Å². The van der Waals surface area contributed by atoms with Crippen LogP contribution >= 0.6 is 11.3 Å². The van der Waals surface area contributed by atoms with E-state index < -0.39 is 17.7 Å². The summed E-state index contributed by atoms with van der Waals surface area (Å²) in [6.45, 7) is 0.426. The number of alkyl halides is 3. The number of benzene rings is 2. The van der Waals surface area contributed by atoms with Crippen LogP contribution in [0.4, 0.5) is 13.2 Å². The number of fused-ring (bicyclic) bond motifs is 1. The molecular weight excluding hydrogens is 385 g/mol. The van der Waals surface area contributed by atoms with Crippen LogP contribution in [0.2, 0.25) is 0 Å². The highest BCUT2D eigenvalue weighted by molar-refractivity contribution is 7.18. The second kappa shape index (κ2) is 7.39. The lowest BCUT2D eigenvalue weighted by Gasteiger charge is -2.22. The number of hydrogen-bond acceptors (Lipinski definition) is 3. The van der Waals surface area contributed by atoms with E-state index in [1.807, 2.05) is 24.3 Å². The number of hydrogen-bond donors (Lipinski definition) is 0. The predicted octanol–water partition coefficient (Wildman–Crippen LogP) is 5.61. The predicted molar refractivity (Wildman–Crippen MR) is 104 cm³/mol. The van der Waals surface area contributed by atoms with Gasteiger partial charge in [0, 0.05) is 12.6 Å². The Morgan fingerprint density at radius 1 is 1.11 bits per heavy atom. The molecule has 1 atom stereocenters. The van der Waals surface area contributed by atoms with Crippen molar-refractivity contribution in [2.24, 2.45) is 0 Å². The zero-order chi connectivity index (χ0) is 19.7. The highest BCUT2D eigenvalue weighted by Gasteiger charge is 2.37. The molecule has 3 nitrogen and oxygen atoms in total. The van der Waals surface area contributed by atoms with Crippen LogP contribution in [0.3, 0.4) is 0 Å². The average Bonchev–Trinajstić information content (AvgIpc) is 3.32. The first-order chi connectivity index (χ1) is 13.4. The van der Waals surface area contributed by atoms with Crippen LogP contribution in [0.25, 0.3) is 15.8 Å². The van der Waals surface area contributed by atoms with E-state index in [-0.39, 0.29) is 11.6 Å². The first-order valence-electron chi connectivity index (χ1n) is 8.94. The van der Waals surface area contributed by atoms with Gasteiger partial charge < -0.3 is 4.90 Å². The van der Waals surface area contributed by atoms with E-state index >= 15 is 0 Å². The van der Waals surface area contributed by atoms with E-state index in [1.54, 1.807) is 6.07 Å². The van der Waals surface area contributed by atoms with Crippen molar-refractivity contribution in [2.45, 2.75) is 25.1 Å². The van der Waals surface area contributed by atoms with Gasteiger partial charge in [-0.15, -0.1) is 11.3 Å². The third-order valence-electron chi connectivity index (χ3n) is 4.79. The molecular formula is C21H17F3N2OS. The van der Waals surface area contributed by atoms with E-state index in [0.29, 0.717) is 13.0 Å². The Kier molecular flexibility index (Phi) is 4.93. The second-order valence-corrected chi connectivity index (χ2v) is 7.69. The molecule has 0 saturated carbocycles. The monoisotopic (exact) mass is 402 g/mol. The molecule has 1 fully saturated rings. The van der Waals surface area contributed by atoms with Crippen LogP contribution in [-0.2, 0) is 4.79 Å². The van der Waals surface area contributed by atoms with Gasteiger partial charge in [0.1, 0.15) is 5.01 Å². The molecule has 3 aromatic rings. The van der Waals surface area contributed by atoms with E-state index in [0.717, 1.165) is 27.7 Å². The zero-order valence-corrected chi connectivity index (χ0v) is 15.6. The van der Waals surface area contributed by atoms with Crippen LogP contribution in [0, 0.1) is 0 Å². The highest BCUT2D eigenvalue weighted by atomic mass is 32.1. The smallest absolute Gasteiger partial charge is 0.330 e. The average molecular weight is 402 g/mol. The fourth-order valence-electron chi connectivity index (χ4n) is 3.47. The van der Waals surface area contributed by atoms with E-state index in [4.69, 9.17) is 0 Å². The Morgan fingerprint density at radius 2 is 1.82 bits per heavy atom. The maximum atomic E-state index is 13.6. The number of thiazole rings is 1. The third kappa shape index (κ3) is 3.67. The minimum Gasteiger partial charge on any atom is -0.330 e. The van der Waals surface area contributed by atoms with Crippen LogP contribution in [0.5, 0.6) is 0 Å². The highest BCUT2D eigenvalue weighted by Crippen LogP contribution is 2.38. The van der Waals surface area contributed by atoms with Crippen LogP contribution < -0.4 is 0 Å². The molecule has 2 heterocycles. The van der Waals surface area contributed by atoms with Crippen molar-refractivity contribution in [3.05, 3.63) is 71.2 Å². The number of nitrogens with zero attached hydrogens (tertiary/aromatic N) is 2. The molecule has 28 heavy (non-hydrogen) atoms. The van der Waals surface area contributed by atoms with E-state index in [1.165, 1.54) is 40.5 Å². The van der Waals surface area contributed by atoms with Gasteiger partial charge in [-0.1, -0.05) is 42.5 Å². The van der Waals surface area contributed by atoms with Crippen LogP contribution in [-0.4, -0.2) is 28.5 Å². The summed E-state index contributed by atoms with van der Waals surface area (Å²) in [5.74, 6) is -0.627. The van der Waals surface area contributed by atoms with Crippen molar-refractivity contribution < 1.29 is 18.0 Å². The number of halogens is 3. The number of allylic oxidation sites excluding steroid dienone is 1. The summed E-state index contributed by atoms with van der Waals surface area (Å²) in [7, 11) is 0. The molecule has 1 saturated heterocycles. The van der Waals surface area contributed by atoms with Crippen LogP contribution in [0.1, 0.15) is 29.5 Å². The molecule has 0 radical (unpaired) electrons. The van der Waals surface area contributed by atoms with Crippen molar-refractivity contribution in [3.63, 3.8) is 0 Å². The molecule has 0 aliphatic carbocycles. The van der Waals surface area contributed by atoms with Gasteiger partial charge in [0.05, 0.1) is 21.8 Å². The molecule has 1 amide bonds. The van der Waals surface area contributed by atoms with Gasteiger partial charge in [-0.2, -0.15) is 13.2 Å². The summed E-state index contributed by atoms with van der Waals surface area (Å²) in [6, 6.07) is 14.8. The number of para-hydroxylation sites is 1. The Balaban J connectivity index is 1.66. The second-order valence-electron chi connectivity index (χ2n) is 6.63. The normalized spacial score (nSPS) is 18.0. The van der Waals surface area contributed by atoms with Gasteiger partial charge in [-0.05, 0) is 30.5 Å². The Hall–Kier alpha value is -2.67. The fourth-order valence-corrected chi connectivity index (χ4v) is 4.59. The Labute approximate surface area is 164 Å². The van der Waals surface area contributed by atoms with Crippen molar-refractivity contribution in [1.82, 2.24) is 9.88 Å². The molecule has 7 heteroatoms. The number of carbonyl (C=O) groups is 1. The van der Waals surface area contributed by atoms with Crippen molar-refractivity contribution in [3.8, 4) is 0 Å². The number of aromatic nitrogens is 1. The number of carbonyl (C=O) groups excluding carboxylic acids is 1. The third-order valence-corrected chi connectivity index (χ3v) is 5.93. The maximum absolute atomic E-state index is 13.6. The van der Waals surface area contributed by atoms with Gasteiger partial charge in [0.2, 0.25) is 5.91 Å². The summed E-state index contributed by atoms with van der Waals surface area (Å²) in [4.78, 5) is 18.9. The quantitative estimate of drug-likeness (QED) is 0.534. The van der Waals surface area contributed by atoms with Gasteiger partial charge in [0.15, 0.2) is 0 Å². The summed E-state index contributed by atoms with van der Waals surface area (Å²) in [5.41, 5.74) is -0.0928. The summed E-state index contributed by atoms with van der Waals surface area (Å²) in [6.07, 6.45) is -2.44. The van der Waals surface area contributed by atoms with E-state index in [2.05, 4.69) is 4.98 Å². The molecule has 0 N–H and O–H groups in total. The number of likely N-dealkylation sites (tertiary alicyclic amines) is 1. The fraction of sp³-hybridized carbons (Fsp3) is 0.238.